The molecule has 1 fully saturated rings. The number of anilines is 1. The average molecular weight is 397 g/mol. The molecular formula is C22H27N3O4. The van der Waals surface area contributed by atoms with Gasteiger partial charge in [0.05, 0.1) is 23.3 Å². The molecule has 1 atom stereocenters. The largest absolute Gasteiger partial charge is 0.387 e. The van der Waals surface area contributed by atoms with Gasteiger partial charge in [0.1, 0.15) is 0 Å². The van der Waals surface area contributed by atoms with Crippen LogP contribution in [-0.4, -0.2) is 33.5 Å². The third-order valence-corrected chi connectivity index (χ3v) is 5.50. The topological polar surface area (TPSA) is 95.7 Å². The second kappa shape index (κ2) is 9.52. The van der Waals surface area contributed by atoms with Gasteiger partial charge in [-0.25, -0.2) is 4.79 Å². The van der Waals surface area contributed by atoms with Crippen molar-refractivity contribution in [2.45, 2.75) is 51.2 Å². The zero-order valence-corrected chi connectivity index (χ0v) is 16.6. The third-order valence-electron chi connectivity index (χ3n) is 5.50. The summed E-state index contributed by atoms with van der Waals surface area (Å²) in [5.41, 5.74) is 1.85. The summed E-state index contributed by atoms with van der Waals surface area (Å²) in [7, 11) is 0. The summed E-state index contributed by atoms with van der Waals surface area (Å²) in [5.74, 6) is 0. The van der Waals surface area contributed by atoms with Crippen LogP contribution in [-0.2, 0) is 0 Å². The van der Waals surface area contributed by atoms with E-state index in [1.165, 1.54) is 12.1 Å². The lowest BCUT2D eigenvalue weighted by molar-refractivity contribution is -0.384. The van der Waals surface area contributed by atoms with Crippen LogP contribution in [0.5, 0.6) is 0 Å². The SMILES string of the molecule is Cc1ccc([N+](=O)[O-])cc1NC(=O)N(CC(O)c1ccccc1)C1CCCCC1. The number of aryl methyl sites for hydroxylation is 1. The minimum atomic E-state index is -0.796. The Hall–Kier alpha value is -2.93. The normalized spacial score (nSPS) is 15.5. The molecule has 0 spiro atoms. The highest BCUT2D eigenvalue weighted by Crippen LogP contribution is 2.27. The molecule has 0 saturated heterocycles. The smallest absolute Gasteiger partial charge is 0.322 e. The standard InChI is InChI=1S/C22H27N3O4/c1-16-12-13-19(25(28)29)14-20(16)23-22(27)24(18-10-6-3-7-11-18)15-21(26)17-8-4-2-5-9-17/h2,4-5,8-9,12-14,18,21,26H,3,6-7,10-11,15H2,1H3,(H,23,27). The second-order valence-electron chi connectivity index (χ2n) is 7.56. The fourth-order valence-corrected chi connectivity index (χ4v) is 3.80. The van der Waals surface area contributed by atoms with Gasteiger partial charge in [-0.2, -0.15) is 0 Å². The van der Waals surface area contributed by atoms with E-state index in [0.29, 0.717) is 5.69 Å². The molecule has 1 aliphatic rings. The maximum Gasteiger partial charge on any atom is 0.322 e. The number of benzene rings is 2. The van der Waals surface area contributed by atoms with Crippen molar-refractivity contribution < 1.29 is 14.8 Å². The van der Waals surface area contributed by atoms with E-state index in [1.54, 1.807) is 17.9 Å². The van der Waals surface area contributed by atoms with Crippen LogP contribution in [0.2, 0.25) is 0 Å². The Balaban J connectivity index is 1.80. The second-order valence-corrected chi connectivity index (χ2v) is 7.56. The molecule has 2 aromatic carbocycles. The summed E-state index contributed by atoms with van der Waals surface area (Å²) in [6.07, 6.45) is 4.23. The summed E-state index contributed by atoms with van der Waals surface area (Å²) >= 11 is 0. The number of carbonyl (C=O) groups excluding carboxylic acids is 1. The van der Waals surface area contributed by atoms with E-state index in [4.69, 9.17) is 0 Å². The van der Waals surface area contributed by atoms with Gasteiger partial charge < -0.3 is 15.3 Å². The number of amides is 2. The Bertz CT molecular complexity index is 850. The van der Waals surface area contributed by atoms with Crippen LogP contribution in [0.15, 0.2) is 48.5 Å². The van der Waals surface area contributed by atoms with Crippen molar-refractivity contribution in [1.82, 2.24) is 4.90 Å². The lowest BCUT2D eigenvalue weighted by atomic mass is 9.94. The maximum absolute atomic E-state index is 13.1. The van der Waals surface area contributed by atoms with E-state index in [2.05, 4.69) is 5.32 Å². The van der Waals surface area contributed by atoms with Crippen LogP contribution < -0.4 is 5.32 Å². The lowest BCUT2D eigenvalue weighted by Gasteiger charge is -2.35. The van der Waals surface area contributed by atoms with Crippen molar-refractivity contribution in [2.24, 2.45) is 0 Å². The van der Waals surface area contributed by atoms with E-state index in [0.717, 1.165) is 43.2 Å². The Morgan fingerprint density at radius 1 is 1.21 bits per heavy atom. The summed E-state index contributed by atoms with van der Waals surface area (Å²) in [4.78, 5) is 25.4. The number of nitro benzene ring substituents is 1. The number of aliphatic hydroxyl groups is 1. The van der Waals surface area contributed by atoms with Crippen molar-refractivity contribution in [1.29, 1.82) is 0 Å². The molecule has 7 heteroatoms. The van der Waals surface area contributed by atoms with Gasteiger partial charge in [-0.1, -0.05) is 55.7 Å². The van der Waals surface area contributed by atoms with Crippen LogP contribution in [0.4, 0.5) is 16.2 Å². The van der Waals surface area contributed by atoms with Crippen LogP contribution >= 0.6 is 0 Å². The van der Waals surface area contributed by atoms with Gasteiger partial charge in [0.2, 0.25) is 0 Å². The van der Waals surface area contributed by atoms with E-state index >= 15 is 0 Å². The highest BCUT2D eigenvalue weighted by Gasteiger charge is 2.28. The predicted molar refractivity (Wildman–Crippen MR) is 112 cm³/mol. The molecule has 1 saturated carbocycles. The number of nitro groups is 1. The molecule has 29 heavy (non-hydrogen) atoms. The van der Waals surface area contributed by atoms with E-state index < -0.39 is 11.0 Å². The van der Waals surface area contributed by atoms with Crippen molar-refractivity contribution in [2.75, 3.05) is 11.9 Å². The fraction of sp³-hybridized carbons (Fsp3) is 0.409. The summed E-state index contributed by atoms with van der Waals surface area (Å²) in [6.45, 7) is 1.97. The Morgan fingerprint density at radius 3 is 2.55 bits per heavy atom. The van der Waals surface area contributed by atoms with Gasteiger partial charge in [-0.3, -0.25) is 10.1 Å². The van der Waals surface area contributed by atoms with E-state index in [9.17, 15) is 20.0 Å². The number of carbonyl (C=O) groups is 1. The molecule has 7 nitrogen and oxygen atoms in total. The lowest BCUT2D eigenvalue weighted by Crippen LogP contribution is -2.46. The number of hydrogen-bond donors (Lipinski definition) is 2. The molecule has 0 aromatic heterocycles. The number of rotatable bonds is 6. The van der Waals surface area contributed by atoms with Crippen molar-refractivity contribution in [3.05, 3.63) is 69.8 Å². The molecule has 0 bridgehead atoms. The summed E-state index contributed by atoms with van der Waals surface area (Å²) in [5, 5.41) is 24.6. The first-order chi connectivity index (χ1) is 14.0. The average Bonchev–Trinajstić information content (AvgIpc) is 2.74. The minimum Gasteiger partial charge on any atom is -0.387 e. The van der Waals surface area contributed by atoms with Crippen molar-refractivity contribution in [3.63, 3.8) is 0 Å². The summed E-state index contributed by atoms with van der Waals surface area (Å²) in [6, 6.07) is 13.4. The molecular weight excluding hydrogens is 370 g/mol. The number of urea groups is 1. The van der Waals surface area contributed by atoms with Gasteiger partial charge in [0.25, 0.3) is 5.69 Å². The predicted octanol–water partition coefficient (Wildman–Crippen LogP) is 4.80. The molecule has 3 rings (SSSR count). The van der Waals surface area contributed by atoms with Gasteiger partial charge >= 0.3 is 6.03 Å². The number of hydrogen-bond acceptors (Lipinski definition) is 4. The van der Waals surface area contributed by atoms with Crippen LogP contribution in [0.3, 0.4) is 0 Å². The fourth-order valence-electron chi connectivity index (χ4n) is 3.80. The van der Waals surface area contributed by atoms with E-state index in [-0.39, 0.29) is 24.3 Å². The van der Waals surface area contributed by atoms with Gasteiger partial charge in [-0.05, 0) is 30.9 Å². The molecule has 0 aliphatic heterocycles. The van der Waals surface area contributed by atoms with Gasteiger partial charge in [0, 0.05) is 18.2 Å². The number of nitrogens with zero attached hydrogens (tertiary/aromatic N) is 2. The summed E-state index contributed by atoms with van der Waals surface area (Å²) < 4.78 is 0. The number of nitrogens with one attached hydrogen (secondary N) is 1. The van der Waals surface area contributed by atoms with Gasteiger partial charge in [0.15, 0.2) is 0 Å². The molecule has 2 amide bonds. The van der Waals surface area contributed by atoms with E-state index in [1.807, 2.05) is 30.3 Å². The van der Waals surface area contributed by atoms with Crippen LogP contribution in [0, 0.1) is 17.0 Å². The Kier molecular flexibility index (Phi) is 6.82. The zero-order chi connectivity index (χ0) is 20.8. The number of aliphatic hydroxyl groups excluding tert-OH is 1. The zero-order valence-electron chi connectivity index (χ0n) is 16.6. The molecule has 1 unspecified atom stereocenters. The number of non-ortho nitro benzene ring substituents is 1. The third kappa shape index (κ3) is 5.32. The van der Waals surface area contributed by atoms with Crippen LogP contribution in [0.25, 0.3) is 0 Å². The Labute approximate surface area is 170 Å². The monoisotopic (exact) mass is 397 g/mol. The first-order valence-corrected chi connectivity index (χ1v) is 10.0. The quantitative estimate of drug-likeness (QED) is 0.540. The highest BCUT2D eigenvalue weighted by atomic mass is 16.6. The molecule has 154 valence electrons. The van der Waals surface area contributed by atoms with Crippen molar-refractivity contribution in [3.8, 4) is 0 Å². The first-order valence-electron chi connectivity index (χ1n) is 10.0. The Morgan fingerprint density at radius 2 is 1.90 bits per heavy atom. The van der Waals surface area contributed by atoms with Gasteiger partial charge in [-0.15, -0.1) is 0 Å². The molecule has 0 heterocycles. The first kappa shape index (κ1) is 20.8. The minimum absolute atomic E-state index is 0.0427. The van der Waals surface area contributed by atoms with Crippen molar-refractivity contribution >= 4 is 17.4 Å². The van der Waals surface area contributed by atoms with Crippen LogP contribution in [0.1, 0.15) is 49.3 Å². The molecule has 1 aliphatic carbocycles. The molecule has 2 N–H and O–H groups in total. The maximum atomic E-state index is 13.1. The molecule has 0 radical (unpaired) electrons. The highest BCUT2D eigenvalue weighted by molar-refractivity contribution is 5.90. The molecule has 2 aromatic rings.